The quantitative estimate of drug-likeness (QED) is 0.115. The van der Waals surface area contributed by atoms with Crippen molar-refractivity contribution in [3.63, 3.8) is 0 Å². The van der Waals surface area contributed by atoms with Crippen LogP contribution in [-0.2, 0) is 19.1 Å². The molecule has 1 rings (SSSR count). The Hall–Kier alpha value is -3.55. The summed E-state index contributed by atoms with van der Waals surface area (Å²) >= 11 is 0. The molecule has 0 aliphatic rings. The summed E-state index contributed by atoms with van der Waals surface area (Å²) in [6.07, 6.45) is -7.61. The maximum absolute atomic E-state index is 13.8. The van der Waals surface area contributed by atoms with Gasteiger partial charge in [-0.1, -0.05) is 36.4 Å². The number of hydrogen-bond acceptors (Lipinski definition) is 4. The Morgan fingerprint density at radius 1 is 0.568 bits per heavy atom. The highest BCUT2D eigenvalue weighted by molar-refractivity contribution is 5.91. The van der Waals surface area contributed by atoms with Gasteiger partial charge in [-0.3, -0.25) is 0 Å². The van der Waals surface area contributed by atoms with Crippen LogP contribution in [0.5, 0.6) is 0 Å². The van der Waals surface area contributed by atoms with E-state index >= 15 is 0 Å². The van der Waals surface area contributed by atoms with Gasteiger partial charge in [0.25, 0.3) is 0 Å². The maximum atomic E-state index is 13.8. The molecular weight excluding hydrogens is 663 g/mol. The molecule has 250 valence electrons. The molecule has 0 fully saturated rings. The molecule has 0 radical (unpaired) electrons. The monoisotopic (exact) mass is 678 g/mol. The highest BCUT2D eigenvalue weighted by atomic mass is 19.4. The van der Waals surface area contributed by atoms with E-state index in [1.54, 1.807) is 30.3 Å². The van der Waals surface area contributed by atoms with E-state index in [9.17, 15) is 84.2 Å². The lowest BCUT2D eigenvalue weighted by Crippen LogP contribution is -2.74. The largest absolute Gasteiger partial charge is 0.462 e. The Morgan fingerprint density at radius 2 is 0.977 bits per heavy atom. The zero-order chi connectivity index (χ0) is 34.6. The van der Waals surface area contributed by atoms with Gasteiger partial charge in [0.15, 0.2) is 0 Å². The molecule has 0 atom stereocenters. The second-order valence-electron chi connectivity index (χ2n) is 8.34. The topological polar surface area (TPSA) is 52.6 Å². The standard InChI is InChI=1S/C23H15F17O4/c24-16(25,10-12-44-15(42)9-8-14(41)43-11-4-7-13-5-2-1-3-6-13)17(26,27)18(28,29)19(30,31)20(32,33)21(34,35)22(36,37)23(38,39)40/h1-9H,10-12H2/b7-4?,9-8+. The molecule has 0 bridgehead atoms. The van der Waals surface area contributed by atoms with E-state index in [0.717, 1.165) is 0 Å². The van der Waals surface area contributed by atoms with Crippen LogP contribution in [0.3, 0.4) is 0 Å². The van der Waals surface area contributed by atoms with Gasteiger partial charge in [0.1, 0.15) is 6.61 Å². The van der Waals surface area contributed by atoms with Crippen LogP contribution >= 0.6 is 0 Å². The number of alkyl halides is 17. The van der Waals surface area contributed by atoms with Crippen LogP contribution < -0.4 is 0 Å². The number of carbonyl (C=O) groups excluding carboxylic acids is 2. The van der Waals surface area contributed by atoms with E-state index in [1.165, 1.54) is 12.2 Å². The van der Waals surface area contributed by atoms with Crippen molar-refractivity contribution in [3.05, 3.63) is 54.1 Å². The number of esters is 2. The zero-order valence-electron chi connectivity index (χ0n) is 20.9. The Kier molecular flexibility index (Phi) is 11.2. The molecule has 0 amide bonds. The summed E-state index contributed by atoms with van der Waals surface area (Å²) in [5.74, 6) is -60.4. The number of benzene rings is 1. The fraction of sp³-hybridized carbons (Fsp3) is 0.478. The van der Waals surface area contributed by atoms with Gasteiger partial charge in [-0.2, -0.15) is 74.6 Å². The van der Waals surface area contributed by atoms with Crippen LogP contribution in [0, 0.1) is 0 Å². The predicted octanol–water partition coefficient (Wildman–Crippen LogP) is 7.74. The summed E-state index contributed by atoms with van der Waals surface area (Å²) in [4.78, 5) is 22.8. The Labute approximate surface area is 234 Å². The van der Waals surface area contributed by atoms with E-state index in [4.69, 9.17) is 0 Å². The lowest BCUT2D eigenvalue weighted by atomic mass is 9.88. The molecule has 0 heterocycles. The second kappa shape index (κ2) is 12.8. The third kappa shape index (κ3) is 7.22. The zero-order valence-corrected chi connectivity index (χ0v) is 20.9. The van der Waals surface area contributed by atoms with Crippen molar-refractivity contribution in [1.82, 2.24) is 0 Å². The molecule has 44 heavy (non-hydrogen) atoms. The smallest absolute Gasteiger partial charge is 0.460 e. The average Bonchev–Trinajstić information content (AvgIpc) is 2.89. The molecule has 21 heteroatoms. The van der Waals surface area contributed by atoms with Gasteiger partial charge in [-0.25, -0.2) is 9.59 Å². The SMILES string of the molecule is O=C(/C=C/C(=O)OCCC(F)(F)C(F)(F)C(F)(F)C(F)(F)C(F)(F)C(F)(F)C(F)(F)C(F)(F)F)OCC=Cc1ccccc1. The minimum Gasteiger partial charge on any atom is -0.462 e. The van der Waals surface area contributed by atoms with Crippen molar-refractivity contribution < 1.29 is 93.7 Å². The van der Waals surface area contributed by atoms with Crippen LogP contribution in [-0.4, -0.2) is 72.8 Å². The van der Waals surface area contributed by atoms with Crippen molar-refractivity contribution in [3.8, 4) is 0 Å². The van der Waals surface area contributed by atoms with Crippen LogP contribution in [0.25, 0.3) is 6.08 Å². The van der Waals surface area contributed by atoms with Gasteiger partial charge in [0.2, 0.25) is 0 Å². The molecule has 0 saturated heterocycles. The van der Waals surface area contributed by atoms with Gasteiger partial charge >= 0.3 is 59.6 Å². The highest BCUT2D eigenvalue weighted by Crippen LogP contribution is 2.64. The van der Waals surface area contributed by atoms with E-state index in [-0.39, 0.29) is 18.8 Å². The van der Waals surface area contributed by atoms with Crippen molar-refractivity contribution in [2.24, 2.45) is 0 Å². The Balaban J connectivity index is 2.94. The minimum atomic E-state index is -8.73. The number of ether oxygens (including phenoxy) is 2. The third-order valence-electron chi connectivity index (χ3n) is 5.23. The third-order valence-corrected chi connectivity index (χ3v) is 5.23. The van der Waals surface area contributed by atoms with Gasteiger partial charge in [-0.05, 0) is 11.6 Å². The van der Waals surface area contributed by atoms with Crippen LogP contribution in [0.1, 0.15) is 12.0 Å². The first-order chi connectivity index (χ1) is 19.6. The summed E-state index contributed by atoms with van der Waals surface area (Å²) in [5, 5.41) is 0. The first kappa shape index (κ1) is 38.5. The molecule has 0 saturated carbocycles. The lowest BCUT2D eigenvalue weighted by molar-refractivity contribution is -0.461. The summed E-state index contributed by atoms with van der Waals surface area (Å²) in [5.41, 5.74) is 0.682. The van der Waals surface area contributed by atoms with E-state index in [1.807, 2.05) is 0 Å². The van der Waals surface area contributed by atoms with Crippen molar-refractivity contribution in [1.29, 1.82) is 0 Å². The van der Waals surface area contributed by atoms with Crippen molar-refractivity contribution in [2.45, 2.75) is 54.1 Å². The molecule has 4 nitrogen and oxygen atoms in total. The lowest BCUT2D eigenvalue weighted by Gasteiger charge is -2.42. The normalized spacial score (nSPS) is 14.8. The second-order valence-corrected chi connectivity index (χ2v) is 8.34. The molecule has 0 spiro atoms. The average molecular weight is 678 g/mol. The van der Waals surface area contributed by atoms with Crippen molar-refractivity contribution in [2.75, 3.05) is 13.2 Å². The highest BCUT2D eigenvalue weighted by Gasteiger charge is 2.95. The van der Waals surface area contributed by atoms with Crippen molar-refractivity contribution >= 4 is 18.0 Å². The molecule has 0 aliphatic carbocycles. The Morgan fingerprint density at radius 3 is 1.43 bits per heavy atom. The number of hydrogen-bond donors (Lipinski definition) is 0. The molecule has 0 aromatic heterocycles. The minimum absolute atomic E-state index is 0.103. The molecular formula is C23H15F17O4. The van der Waals surface area contributed by atoms with E-state index < -0.39 is 72.6 Å². The summed E-state index contributed by atoms with van der Waals surface area (Å²) in [6.45, 7) is -2.52. The summed E-state index contributed by atoms with van der Waals surface area (Å²) in [6, 6.07) is 8.36. The molecule has 0 aliphatic heterocycles. The number of rotatable bonds is 14. The van der Waals surface area contributed by atoms with Gasteiger partial charge in [-0.15, -0.1) is 0 Å². The molecule has 1 aromatic rings. The van der Waals surface area contributed by atoms with Gasteiger partial charge < -0.3 is 9.47 Å². The summed E-state index contributed by atoms with van der Waals surface area (Å²) in [7, 11) is 0. The maximum Gasteiger partial charge on any atom is 0.460 e. The predicted molar refractivity (Wildman–Crippen MR) is 112 cm³/mol. The molecule has 0 N–H and O–H groups in total. The van der Waals surface area contributed by atoms with E-state index in [2.05, 4.69) is 9.47 Å². The summed E-state index contributed by atoms with van der Waals surface area (Å²) < 4.78 is 233. The van der Waals surface area contributed by atoms with Gasteiger partial charge in [0.05, 0.1) is 13.0 Å². The Bertz CT molecular complexity index is 1200. The molecule has 1 aromatic carbocycles. The fourth-order valence-corrected chi connectivity index (χ4v) is 2.74. The fourth-order valence-electron chi connectivity index (χ4n) is 2.74. The number of carbonyl (C=O) groups is 2. The van der Waals surface area contributed by atoms with Gasteiger partial charge in [0, 0.05) is 12.2 Å². The first-order valence-electron chi connectivity index (χ1n) is 11.1. The number of halogens is 17. The van der Waals surface area contributed by atoms with E-state index in [0.29, 0.717) is 5.56 Å². The van der Waals surface area contributed by atoms with Crippen LogP contribution in [0.15, 0.2) is 48.6 Å². The van der Waals surface area contributed by atoms with Crippen LogP contribution in [0.2, 0.25) is 0 Å². The molecule has 0 unspecified atom stereocenters. The first-order valence-corrected chi connectivity index (χ1v) is 11.1. The van der Waals surface area contributed by atoms with Crippen LogP contribution in [0.4, 0.5) is 74.6 Å².